The number of carboxylic acid groups (broad SMARTS) is 3. The van der Waals surface area contributed by atoms with E-state index < -0.39 is 30.0 Å². The highest BCUT2D eigenvalue weighted by Crippen LogP contribution is 1.93. The largest absolute Gasteiger partial charge is 0.481 e. The zero-order chi connectivity index (χ0) is 15.4. The van der Waals surface area contributed by atoms with E-state index in [-0.39, 0.29) is 12.8 Å². The molecule has 0 aliphatic carbocycles. The highest BCUT2D eigenvalue weighted by Gasteiger charge is 2.12. The van der Waals surface area contributed by atoms with Crippen molar-refractivity contribution in [3.8, 4) is 0 Å². The quantitative estimate of drug-likeness (QED) is 0.303. The van der Waals surface area contributed by atoms with Crippen LogP contribution in [0.5, 0.6) is 0 Å². The van der Waals surface area contributed by atoms with E-state index in [1.807, 2.05) is 0 Å². The highest BCUT2D eigenvalue weighted by molar-refractivity contribution is 5.74. The fourth-order valence-electron chi connectivity index (χ4n) is 0.864. The first kappa shape index (κ1) is 19.6. The molecule has 0 aromatic rings. The number of carboxylic acids is 3. The van der Waals surface area contributed by atoms with Crippen LogP contribution in [0.25, 0.3) is 0 Å². The van der Waals surface area contributed by atoms with Crippen molar-refractivity contribution < 1.29 is 29.7 Å². The van der Waals surface area contributed by atoms with Crippen LogP contribution in [-0.2, 0) is 14.4 Å². The third-order valence-corrected chi connectivity index (χ3v) is 2.02. The van der Waals surface area contributed by atoms with Gasteiger partial charge in [0.15, 0.2) is 0 Å². The maximum absolute atomic E-state index is 10.0. The summed E-state index contributed by atoms with van der Waals surface area (Å²) in [6.07, 6.45) is 0.914. The molecule has 0 fully saturated rings. The van der Waals surface area contributed by atoms with Gasteiger partial charge in [0.05, 0.1) is 0 Å². The molecule has 19 heavy (non-hydrogen) atoms. The van der Waals surface area contributed by atoms with E-state index in [9.17, 15) is 14.4 Å². The summed E-state index contributed by atoms with van der Waals surface area (Å²) >= 11 is 0. The minimum atomic E-state index is -1.17. The summed E-state index contributed by atoms with van der Waals surface area (Å²) in [4.78, 5) is 29.9. The van der Waals surface area contributed by atoms with E-state index in [1.165, 1.54) is 0 Å². The predicted molar refractivity (Wildman–Crippen MR) is 66.4 cm³/mol. The average molecular weight is 279 g/mol. The van der Waals surface area contributed by atoms with E-state index in [2.05, 4.69) is 0 Å². The molecule has 0 aromatic heterocycles. The summed E-state index contributed by atoms with van der Waals surface area (Å²) in [5.41, 5.74) is 15.3. The Morgan fingerprint density at radius 2 is 1.32 bits per heavy atom. The Hall–Kier alpha value is -1.71. The second kappa shape index (κ2) is 11.4. The number of hydrogen-bond donors (Lipinski definition) is 6. The number of hydrogen-bond acceptors (Lipinski definition) is 6. The zero-order valence-corrected chi connectivity index (χ0v) is 10.5. The Kier molecular flexibility index (Phi) is 11.8. The molecule has 0 aliphatic rings. The van der Waals surface area contributed by atoms with Gasteiger partial charge in [-0.05, 0) is 25.8 Å². The van der Waals surface area contributed by atoms with Crippen LogP contribution >= 0.6 is 0 Å². The smallest absolute Gasteiger partial charge is 0.320 e. The highest BCUT2D eigenvalue weighted by atomic mass is 16.4. The molecule has 0 aliphatic heterocycles. The van der Waals surface area contributed by atoms with Gasteiger partial charge in [0.1, 0.15) is 12.1 Å². The van der Waals surface area contributed by atoms with E-state index in [1.54, 1.807) is 0 Å². The summed E-state index contributed by atoms with van der Waals surface area (Å²) in [6, 6.07) is -1.80. The number of aliphatic carboxylic acids is 3. The molecule has 0 heterocycles. The topological polar surface area (TPSA) is 190 Å². The molecule has 0 spiro atoms. The van der Waals surface area contributed by atoms with Crippen LogP contribution in [0.4, 0.5) is 0 Å². The molecule has 0 aromatic carbocycles. The second-order valence-corrected chi connectivity index (χ2v) is 3.75. The Labute approximate surface area is 110 Å². The van der Waals surface area contributed by atoms with Gasteiger partial charge in [0.2, 0.25) is 0 Å². The summed E-state index contributed by atoms with van der Waals surface area (Å²) in [6.45, 7) is 0.501. The van der Waals surface area contributed by atoms with Gasteiger partial charge in [-0.3, -0.25) is 14.4 Å². The van der Waals surface area contributed by atoms with Gasteiger partial charge >= 0.3 is 17.9 Å². The van der Waals surface area contributed by atoms with E-state index in [0.29, 0.717) is 19.4 Å². The maximum Gasteiger partial charge on any atom is 0.320 e. The minimum absolute atomic E-state index is 0.0231. The van der Waals surface area contributed by atoms with Crippen LogP contribution in [0.2, 0.25) is 0 Å². The standard InChI is InChI=1S/C5H12N2O2.C5H9NO4/c6-3-1-2-4(7)5(8)9;6-3(5(9)10)1-2-4(7)8/h4H,1-3,6-7H2,(H,8,9);3H,1-2,6H2,(H,7,8)(H,9,10). The van der Waals surface area contributed by atoms with Crippen LogP contribution in [0, 0.1) is 0 Å². The Bertz CT molecular complexity index is 297. The monoisotopic (exact) mass is 279 g/mol. The number of carbonyl (C=O) groups is 3. The van der Waals surface area contributed by atoms with Crippen LogP contribution < -0.4 is 17.2 Å². The van der Waals surface area contributed by atoms with Crippen LogP contribution in [0.3, 0.4) is 0 Å². The van der Waals surface area contributed by atoms with Crippen molar-refractivity contribution in [3.63, 3.8) is 0 Å². The molecule has 9 nitrogen and oxygen atoms in total. The lowest BCUT2D eigenvalue weighted by Crippen LogP contribution is -2.30. The van der Waals surface area contributed by atoms with E-state index in [0.717, 1.165) is 0 Å². The van der Waals surface area contributed by atoms with Gasteiger partial charge in [-0.1, -0.05) is 0 Å². The number of nitrogens with two attached hydrogens (primary N) is 3. The molecule has 2 atom stereocenters. The fraction of sp³-hybridized carbons (Fsp3) is 0.700. The zero-order valence-electron chi connectivity index (χ0n) is 10.5. The number of rotatable bonds is 8. The third-order valence-electron chi connectivity index (χ3n) is 2.02. The Morgan fingerprint density at radius 3 is 1.63 bits per heavy atom. The van der Waals surface area contributed by atoms with Crippen molar-refractivity contribution in [3.05, 3.63) is 0 Å². The summed E-state index contributed by atoms with van der Waals surface area (Å²) < 4.78 is 0. The third kappa shape index (κ3) is 14.2. The van der Waals surface area contributed by atoms with E-state index >= 15 is 0 Å². The molecular formula is C10H21N3O6. The van der Waals surface area contributed by atoms with Gasteiger partial charge in [-0.15, -0.1) is 0 Å². The first-order chi connectivity index (χ1) is 8.72. The van der Waals surface area contributed by atoms with Crippen molar-refractivity contribution in [2.45, 2.75) is 37.8 Å². The first-order valence-electron chi connectivity index (χ1n) is 5.61. The Balaban J connectivity index is 0. The lowest BCUT2D eigenvalue weighted by molar-refractivity contribution is -0.140. The van der Waals surface area contributed by atoms with E-state index in [4.69, 9.17) is 32.5 Å². The maximum atomic E-state index is 10.0. The van der Waals surface area contributed by atoms with Crippen LogP contribution in [0.1, 0.15) is 25.7 Å². The molecule has 0 rings (SSSR count). The lowest BCUT2D eigenvalue weighted by Gasteiger charge is -2.02. The van der Waals surface area contributed by atoms with Gasteiger partial charge in [-0.25, -0.2) is 0 Å². The van der Waals surface area contributed by atoms with Crippen LogP contribution in [-0.4, -0.2) is 51.9 Å². The summed E-state index contributed by atoms with van der Waals surface area (Å²) in [7, 11) is 0. The van der Waals surface area contributed by atoms with Gasteiger partial charge in [0.25, 0.3) is 0 Å². The van der Waals surface area contributed by atoms with Gasteiger partial charge in [-0.2, -0.15) is 0 Å². The summed E-state index contributed by atoms with van der Waals surface area (Å²) in [5.74, 6) is -3.15. The predicted octanol–water partition coefficient (Wildman–Crippen LogP) is -1.60. The fourth-order valence-corrected chi connectivity index (χ4v) is 0.864. The average Bonchev–Trinajstić information content (AvgIpc) is 2.33. The molecule has 112 valence electrons. The second-order valence-electron chi connectivity index (χ2n) is 3.75. The van der Waals surface area contributed by atoms with Gasteiger partial charge < -0.3 is 32.5 Å². The normalized spacial score (nSPS) is 12.8. The molecule has 9 N–H and O–H groups in total. The van der Waals surface area contributed by atoms with Crippen LogP contribution in [0.15, 0.2) is 0 Å². The molecule has 0 saturated heterocycles. The van der Waals surface area contributed by atoms with Crippen molar-refractivity contribution in [2.75, 3.05) is 6.54 Å². The first-order valence-corrected chi connectivity index (χ1v) is 5.61. The molecule has 0 saturated carbocycles. The minimum Gasteiger partial charge on any atom is -0.481 e. The molecule has 0 amide bonds. The molecule has 2 unspecified atom stereocenters. The van der Waals surface area contributed by atoms with Crippen molar-refractivity contribution >= 4 is 17.9 Å². The van der Waals surface area contributed by atoms with Gasteiger partial charge in [0, 0.05) is 6.42 Å². The van der Waals surface area contributed by atoms with Crippen molar-refractivity contribution in [1.29, 1.82) is 0 Å². The Morgan fingerprint density at radius 1 is 0.895 bits per heavy atom. The molecular weight excluding hydrogens is 258 g/mol. The molecule has 0 radical (unpaired) electrons. The van der Waals surface area contributed by atoms with Crippen molar-refractivity contribution in [2.24, 2.45) is 17.2 Å². The summed E-state index contributed by atoms with van der Waals surface area (Å²) in [5, 5.41) is 24.5. The van der Waals surface area contributed by atoms with Crippen molar-refractivity contribution in [1.82, 2.24) is 0 Å². The SMILES string of the molecule is NC(CCC(=O)O)C(=O)O.NCCCC(N)C(=O)O. The lowest BCUT2D eigenvalue weighted by atomic mass is 10.2. The molecule has 0 bridgehead atoms. The molecule has 9 heteroatoms.